The fourth-order valence-electron chi connectivity index (χ4n) is 1.53. The first-order valence-electron chi connectivity index (χ1n) is 5.23. The van der Waals surface area contributed by atoms with Crippen LogP contribution in [0.25, 0.3) is 0 Å². The second-order valence-electron chi connectivity index (χ2n) is 3.79. The topological polar surface area (TPSA) is 90.5 Å². The molecule has 5 nitrogen and oxygen atoms in total. The van der Waals surface area contributed by atoms with E-state index in [-0.39, 0.29) is 0 Å². The van der Waals surface area contributed by atoms with Gasteiger partial charge in [-0.1, -0.05) is 0 Å². The Morgan fingerprint density at radius 3 is 2.94 bits per heavy atom. The molecular formula is C12H13N5. The molecule has 0 aliphatic heterocycles. The molecule has 0 atom stereocenters. The number of nitrogens with zero attached hydrogens (tertiary/aromatic N) is 2. The number of hydrogen-bond donors (Lipinski definition) is 3. The van der Waals surface area contributed by atoms with Gasteiger partial charge in [0.05, 0.1) is 17.4 Å². The summed E-state index contributed by atoms with van der Waals surface area (Å²) in [5, 5.41) is 18.8. The lowest BCUT2D eigenvalue weighted by molar-refractivity contribution is 1.04. The monoisotopic (exact) mass is 227 g/mol. The van der Waals surface area contributed by atoms with Crippen molar-refractivity contribution in [3.8, 4) is 6.07 Å². The maximum absolute atomic E-state index is 8.76. The van der Waals surface area contributed by atoms with Gasteiger partial charge in [-0.15, -0.1) is 0 Å². The minimum Gasteiger partial charge on any atom is -0.398 e. The Labute approximate surface area is 99.3 Å². The van der Waals surface area contributed by atoms with E-state index < -0.39 is 0 Å². The number of aromatic nitrogens is 2. The number of nitrogens with one attached hydrogen (secondary N) is 2. The first kappa shape index (κ1) is 11.0. The third kappa shape index (κ3) is 2.37. The first-order chi connectivity index (χ1) is 8.20. The number of aromatic amines is 1. The van der Waals surface area contributed by atoms with Gasteiger partial charge in [0.25, 0.3) is 0 Å². The second-order valence-corrected chi connectivity index (χ2v) is 3.79. The molecular weight excluding hydrogens is 214 g/mol. The largest absolute Gasteiger partial charge is 0.398 e. The Kier molecular flexibility index (Phi) is 2.97. The van der Waals surface area contributed by atoms with E-state index in [4.69, 9.17) is 11.0 Å². The third-order valence-corrected chi connectivity index (χ3v) is 2.59. The van der Waals surface area contributed by atoms with Crippen LogP contribution in [0.3, 0.4) is 0 Å². The summed E-state index contributed by atoms with van der Waals surface area (Å²) < 4.78 is 0. The second kappa shape index (κ2) is 4.58. The van der Waals surface area contributed by atoms with Crippen LogP contribution in [0.5, 0.6) is 0 Å². The highest BCUT2D eigenvalue weighted by Crippen LogP contribution is 2.18. The molecule has 1 aromatic carbocycles. The van der Waals surface area contributed by atoms with Gasteiger partial charge in [-0.2, -0.15) is 10.4 Å². The lowest BCUT2D eigenvalue weighted by atomic mass is 10.1. The number of nitrogens with two attached hydrogens (primary N) is 1. The predicted molar refractivity (Wildman–Crippen MR) is 66.2 cm³/mol. The number of hydrogen-bond acceptors (Lipinski definition) is 4. The van der Waals surface area contributed by atoms with Crippen LogP contribution in [0.4, 0.5) is 11.4 Å². The molecule has 1 heterocycles. The summed E-state index contributed by atoms with van der Waals surface area (Å²) in [5.74, 6) is 0. The highest BCUT2D eigenvalue weighted by Gasteiger charge is 2.02. The molecule has 0 unspecified atom stereocenters. The highest BCUT2D eigenvalue weighted by atomic mass is 15.1. The first-order valence-corrected chi connectivity index (χ1v) is 5.23. The molecule has 0 spiro atoms. The smallest absolute Gasteiger partial charge is 0.101 e. The van der Waals surface area contributed by atoms with Crippen molar-refractivity contribution in [2.24, 2.45) is 0 Å². The van der Waals surface area contributed by atoms with Crippen LogP contribution in [0.15, 0.2) is 24.4 Å². The zero-order valence-electron chi connectivity index (χ0n) is 9.49. The fraction of sp³-hybridized carbons (Fsp3) is 0.167. The zero-order chi connectivity index (χ0) is 12.3. The molecule has 0 bridgehead atoms. The SMILES string of the molecule is Cc1[nH]ncc1CNc1ccc(C#N)c(N)c1. The Bertz CT molecular complexity index is 565. The van der Waals surface area contributed by atoms with Gasteiger partial charge in [0.2, 0.25) is 0 Å². The summed E-state index contributed by atoms with van der Waals surface area (Å²) in [6, 6.07) is 7.34. The Morgan fingerprint density at radius 2 is 2.35 bits per heavy atom. The van der Waals surface area contributed by atoms with Gasteiger partial charge in [-0.3, -0.25) is 5.10 Å². The van der Waals surface area contributed by atoms with Crippen LogP contribution in [-0.2, 0) is 6.54 Å². The van der Waals surface area contributed by atoms with E-state index in [1.165, 1.54) is 0 Å². The van der Waals surface area contributed by atoms with Crippen LogP contribution in [0.2, 0.25) is 0 Å². The van der Waals surface area contributed by atoms with Crippen LogP contribution in [0.1, 0.15) is 16.8 Å². The molecule has 2 rings (SSSR count). The van der Waals surface area contributed by atoms with Crippen molar-refractivity contribution in [3.63, 3.8) is 0 Å². The van der Waals surface area contributed by atoms with E-state index in [0.29, 0.717) is 17.8 Å². The van der Waals surface area contributed by atoms with Crippen LogP contribution >= 0.6 is 0 Å². The molecule has 0 amide bonds. The van der Waals surface area contributed by atoms with E-state index in [1.807, 2.05) is 19.1 Å². The molecule has 86 valence electrons. The minimum absolute atomic E-state index is 0.487. The molecule has 17 heavy (non-hydrogen) atoms. The molecule has 5 heteroatoms. The minimum atomic E-state index is 0.487. The predicted octanol–water partition coefficient (Wildman–Crippen LogP) is 1.78. The van der Waals surface area contributed by atoms with Crippen LogP contribution < -0.4 is 11.1 Å². The van der Waals surface area contributed by atoms with Gasteiger partial charge in [0.1, 0.15) is 6.07 Å². The fourth-order valence-corrected chi connectivity index (χ4v) is 1.53. The molecule has 4 N–H and O–H groups in total. The zero-order valence-corrected chi connectivity index (χ0v) is 9.49. The standard InChI is InChI=1S/C12H13N5/c1-8-10(7-16-17-8)6-15-11-3-2-9(5-13)12(14)4-11/h2-4,7,15H,6,14H2,1H3,(H,16,17). The molecule has 0 saturated carbocycles. The van der Waals surface area contributed by atoms with Crippen molar-refractivity contribution < 1.29 is 0 Å². The number of nitrogen functional groups attached to an aromatic ring is 1. The van der Waals surface area contributed by atoms with Gasteiger partial charge in [0.15, 0.2) is 0 Å². The van der Waals surface area contributed by atoms with E-state index in [9.17, 15) is 0 Å². The van der Waals surface area contributed by atoms with Gasteiger partial charge in [-0.25, -0.2) is 0 Å². The molecule has 0 aliphatic rings. The van der Waals surface area contributed by atoms with Crippen molar-refractivity contribution in [3.05, 3.63) is 41.2 Å². The van der Waals surface area contributed by atoms with Gasteiger partial charge >= 0.3 is 0 Å². The summed E-state index contributed by atoms with van der Waals surface area (Å²) in [5.41, 5.74) is 9.75. The molecule has 0 aliphatic carbocycles. The summed E-state index contributed by atoms with van der Waals surface area (Å²) in [7, 11) is 0. The maximum atomic E-state index is 8.76. The van der Waals surface area contributed by atoms with E-state index in [2.05, 4.69) is 15.5 Å². The van der Waals surface area contributed by atoms with Crippen LogP contribution in [-0.4, -0.2) is 10.2 Å². The number of aryl methyl sites for hydroxylation is 1. The van der Waals surface area contributed by atoms with Crippen molar-refractivity contribution in [2.45, 2.75) is 13.5 Å². The summed E-state index contributed by atoms with van der Waals surface area (Å²) in [4.78, 5) is 0. The number of benzene rings is 1. The van der Waals surface area contributed by atoms with Crippen molar-refractivity contribution in [1.29, 1.82) is 5.26 Å². The number of rotatable bonds is 3. The molecule has 0 saturated heterocycles. The summed E-state index contributed by atoms with van der Waals surface area (Å²) >= 11 is 0. The van der Waals surface area contributed by atoms with Gasteiger partial charge < -0.3 is 11.1 Å². The molecule has 0 fully saturated rings. The summed E-state index contributed by atoms with van der Waals surface area (Å²) in [6.07, 6.45) is 1.79. The molecule has 1 aromatic heterocycles. The lowest BCUT2D eigenvalue weighted by Gasteiger charge is -2.07. The average molecular weight is 227 g/mol. The number of H-pyrrole nitrogens is 1. The quantitative estimate of drug-likeness (QED) is 0.697. The highest BCUT2D eigenvalue weighted by molar-refractivity contribution is 5.62. The van der Waals surface area contributed by atoms with E-state index in [1.54, 1.807) is 18.3 Å². The van der Waals surface area contributed by atoms with Gasteiger partial charge in [0, 0.05) is 23.5 Å². The van der Waals surface area contributed by atoms with E-state index in [0.717, 1.165) is 16.9 Å². The van der Waals surface area contributed by atoms with Gasteiger partial charge in [-0.05, 0) is 25.1 Å². The van der Waals surface area contributed by atoms with Crippen molar-refractivity contribution >= 4 is 11.4 Å². The third-order valence-electron chi connectivity index (χ3n) is 2.59. The maximum Gasteiger partial charge on any atom is 0.101 e. The lowest BCUT2D eigenvalue weighted by Crippen LogP contribution is -2.01. The van der Waals surface area contributed by atoms with Crippen molar-refractivity contribution in [2.75, 3.05) is 11.1 Å². The molecule has 2 aromatic rings. The van der Waals surface area contributed by atoms with E-state index >= 15 is 0 Å². The Hall–Kier alpha value is -2.48. The Balaban J connectivity index is 2.08. The normalized spacial score (nSPS) is 9.88. The molecule has 0 radical (unpaired) electrons. The Morgan fingerprint density at radius 1 is 1.53 bits per heavy atom. The average Bonchev–Trinajstić information content (AvgIpc) is 2.72. The number of anilines is 2. The number of nitriles is 1. The van der Waals surface area contributed by atoms with Crippen LogP contribution in [0, 0.1) is 18.3 Å². The summed E-state index contributed by atoms with van der Waals surface area (Å²) in [6.45, 7) is 2.64. The van der Waals surface area contributed by atoms with Crippen molar-refractivity contribution in [1.82, 2.24) is 10.2 Å².